The molecule has 1 aromatic heterocycles. The van der Waals surface area contributed by atoms with Crippen LogP contribution in [-0.2, 0) is 18.3 Å². The molecule has 1 saturated heterocycles. The average molecular weight is 268 g/mol. The molecule has 0 saturated carbocycles. The molecule has 0 radical (unpaired) electrons. The second-order valence-corrected chi connectivity index (χ2v) is 6.11. The van der Waals surface area contributed by atoms with Crippen LogP contribution in [0.1, 0.15) is 36.3 Å². The Labute approximate surface area is 119 Å². The summed E-state index contributed by atoms with van der Waals surface area (Å²) in [5, 5.41) is 1.42. The van der Waals surface area contributed by atoms with Gasteiger partial charge in [0.1, 0.15) is 12.1 Å². The van der Waals surface area contributed by atoms with E-state index in [2.05, 4.69) is 34.7 Å². The van der Waals surface area contributed by atoms with Gasteiger partial charge in [0.25, 0.3) is 0 Å². The first-order chi connectivity index (χ1) is 9.79. The third-order valence-electron chi connectivity index (χ3n) is 5.02. The van der Waals surface area contributed by atoms with Crippen molar-refractivity contribution in [2.24, 2.45) is 7.05 Å². The van der Waals surface area contributed by atoms with Gasteiger partial charge in [-0.3, -0.25) is 0 Å². The molecule has 3 aliphatic rings. The van der Waals surface area contributed by atoms with Crippen LogP contribution in [0.2, 0.25) is 0 Å². The molecule has 3 nitrogen and oxygen atoms in total. The number of fused-ring (bicyclic) bond motifs is 3. The minimum absolute atomic E-state index is 0.621. The Hall–Kier alpha value is -1.77. The number of aryl methyl sites for hydroxylation is 2. The first-order valence-electron chi connectivity index (χ1n) is 7.59. The number of aromatic nitrogens is 1. The molecular weight excluding hydrogens is 248 g/mol. The lowest BCUT2D eigenvalue weighted by molar-refractivity contribution is -0.107. The molecule has 20 heavy (non-hydrogen) atoms. The topological polar surface area (TPSA) is 25.2 Å². The molecule has 3 heteroatoms. The van der Waals surface area contributed by atoms with Crippen LogP contribution in [0.3, 0.4) is 0 Å². The fourth-order valence-electron chi connectivity index (χ4n) is 4.05. The molecule has 2 bridgehead atoms. The maximum Gasteiger partial charge on any atom is 0.120 e. The number of hydrogen-bond acceptors (Lipinski definition) is 2. The first kappa shape index (κ1) is 12.0. The number of benzene rings is 1. The number of rotatable bonds is 3. The van der Waals surface area contributed by atoms with Gasteiger partial charge < -0.3 is 14.3 Å². The molecule has 4 heterocycles. The molecule has 1 aromatic carbocycles. The van der Waals surface area contributed by atoms with Crippen molar-refractivity contribution < 1.29 is 4.79 Å². The fraction of sp³-hybridized carbons (Fsp3) is 0.471. The molecule has 104 valence electrons. The van der Waals surface area contributed by atoms with Gasteiger partial charge in [-0.15, -0.1) is 0 Å². The van der Waals surface area contributed by atoms with Gasteiger partial charge in [-0.05, 0) is 42.9 Å². The third-order valence-corrected chi connectivity index (χ3v) is 5.02. The van der Waals surface area contributed by atoms with Crippen molar-refractivity contribution in [2.75, 3.05) is 18.0 Å². The van der Waals surface area contributed by atoms with E-state index in [-0.39, 0.29) is 0 Å². The average Bonchev–Trinajstić information content (AvgIpc) is 2.82. The van der Waals surface area contributed by atoms with E-state index in [1.54, 1.807) is 5.56 Å². The molecule has 5 rings (SSSR count). The highest BCUT2D eigenvalue weighted by molar-refractivity contribution is 5.92. The number of piperidine rings is 1. The number of hydrogen-bond donors (Lipinski definition) is 0. The molecule has 0 spiro atoms. The number of aldehydes is 1. The Balaban J connectivity index is 1.91. The van der Waals surface area contributed by atoms with Gasteiger partial charge in [0.15, 0.2) is 0 Å². The summed E-state index contributed by atoms with van der Waals surface area (Å²) in [5.74, 6) is 2.18. The normalized spacial score (nSPS) is 17.8. The molecule has 0 N–H and O–H groups in total. The van der Waals surface area contributed by atoms with Crippen LogP contribution in [0.4, 0.5) is 5.82 Å². The Morgan fingerprint density at radius 1 is 1.30 bits per heavy atom. The molecule has 3 aliphatic heterocycles. The van der Waals surface area contributed by atoms with E-state index in [1.807, 2.05) is 0 Å². The van der Waals surface area contributed by atoms with Crippen LogP contribution >= 0.6 is 0 Å². The van der Waals surface area contributed by atoms with E-state index in [4.69, 9.17) is 0 Å². The zero-order valence-corrected chi connectivity index (χ0v) is 11.9. The van der Waals surface area contributed by atoms with Crippen LogP contribution in [0.25, 0.3) is 10.9 Å². The van der Waals surface area contributed by atoms with Crippen molar-refractivity contribution >= 4 is 23.0 Å². The Morgan fingerprint density at radius 3 is 2.85 bits per heavy atom. The summed E-state index contributed by atoms with van der Waals surface area (Å²) < 4.78 is 2.36. The van der Waals surface area contributed by atoms with E-state index in [1.165, 1.54) is 48.2 Å². The quantitative estimate of drug-likeness (QED) is 0.800. The Bertz CT molecular complexity index is 678. The lowest BCUT2D eigenvalue weighted by Crippen LogP contribution is -2.39. The predicted molar refractivity (Wildman–Crippen MR) is 81.5 cm³/mol. The standard InChI is InChI=1S/C17H20N2O/c1-18-15-5-4-12(3-2-10-20)11-14(15)16-13-6-8-19(9-7-13)17(16)18/h4-5,10-11,13H,2-3,6-9H2,1H3. The van der Waals surface area contributed by atoms with Crippen LogP contribution in [0, 0.1) is 0 Å². The molecule has 0 amide bonds. The van der Waals surface area contributed by atoms with Crippen LogP contribution in [0.5, 0.6) is 0 Å². The second-order valence-electron chi connectivity index (χ2n) is 6.11. The minimum Gasteiger partial charge on any atom is -0.358 e. The zero-order chi connectivity index (χ0) is 13.7. The van der Waals surface area contributed by atoms with E-state index >= 15 is 0 Å². The molecule has 0 aliphatic carbocycles. The highest BCUT2D eigenvalue weighted by Crippen LogP contribution is 2.47. The number of carbonyl (C=O) groups is 1. The van der Waals surface area contributed by atoms with E-state index in [0.29, 0.717) is 6.42 Å². The zero-order valence-electron chi connectivity index (χ0n) is 11.9. The van der Waals surface area contributed by atoms with Gasteiger partial charge in [-0.2, -0.15) is 0 Å². The monoisotopic (exact) mass is 268 g/mol. The van der Waals surface area contributed by atoms with Crippen LogP contribution in [-0.4, -0.2) is 23.9 Å². The van der Waals surface area contributed by atoms with Gasteiger partial charge in [0, 0.05) is 43.0 Å². The molecule has 2 aromatic rings. The summed E-state index contributed by atoms with van der Waals surface area (Å²) in [7, 11) is 2.19. The van der Waals surface area contributed by atoms with Crippen LogP contribution < -0.4 is 4.90 Å². The summed E-state index contributed by atoms with van der Waals surface area (Å²) in [6.45, 7) is 2.42. The maximum atomic E-state index is 10.6. The minimum atomic E-state index is 0.621. The largest absolute Gasteiger partial charge is 0.358 e. The Morgan fingerprint density at radius 2 is 2.10 bits per heavy atom. The summed E-state index contributed by atoms with van der Waals surface area (Å²) in [6, 6.07) is 6.72. The van der Waals surface area contributed by atoms with E-state index in [0.717, 1.165) is 18.6 Å². The van der Waals surface area contributed by atoms with Crippen molar-refractivity contribution in [1.82, 2.24) is 4.57 Å². The molecule has 0 atom stereocenters. The van der Waals surface area contributed by atoms with Crippen molar-refractivity contribution in [3.8, 4) is 0 Å². The van der Waals surface area contributed by atoms with E-state index in [9.17, 15) is 4.79 Å². The van der Waals surface area contributed by atoms with Gasteiger partial charge >= 0.3 is 0 Å². The fourth-order valence-corrected chi connectivity index (χ4v) is 4.05. The molecule has 1 fully saturated rings. The highest BCUT2D eigenvalue weighted by Gasteiger charge is 2.35. The van der Waals surface area contributed by atoms with Crippen molar-refractivity contribution in [3.05, 3.63) is 29.3 Å². The number of carbonyl (C=O) groups excluding carboxylic acids is 1. The van der Waals surface area contributed by atoms with Gasteiger partial charge in [0.05, 0.1) is 0 Å². The Kier molecular flexibility index (Phi) is 2.62. The van der Waals surface area contributed by atoms with Crippen molar-refractivity contribution in [2.45, 2.75) is 31.6 Å². The van der Waals surface area contributed by atoms with Gasteiger partial charge in [-0.25, -0.2) is 0 Å². The SMILES string of the molecule is Cn1c2c(c3cc(CCC=O)ccc31)C1CCN2CC1. The predicted octanol–water partition coefficient (Wildman–Crippen LogP) is 3.01. The maximum absolute atomic E-state index is 10.6. The summed E-state index contributed by atoms with van der Waals surface area (Å²) >= 11 is 0. The van der Waals surface area contributed by atoms with Crippen molar-refractivity contribution in [1.29, 1.82) is 0 Å². The van der Waals surface area contributed by atoms with Gasteiger partial charge in [0.2, 0.25) is 0 Å². The van der Waals surface area contributed by atoms with Crippen LogP contribution in [0.15, 0.2) is 18.2 Å². The lowest BCUT2D eigenvalue weighted by Gasteiger charge is -2.41. The summed E-state index contributed by atoms with van der Waals surface area (Å²) in [4.78, 5) is 13.1. The first-order valence-corrected chi connectivity index (χ1v) is 7.59. The third kappa shape index (κ3) is 1.55. The smallest absolute Gasteiger partial charge is 0.120 e. The second kappa shape index (κ2) is 4.37. The van der Waals surface area contributed by atoms with Crippen molar-refractivity contribution in [3.63, 3.8) is 0 Å². The lowest BCUT2D eigenvalue weighted by atomic mass is 9.84. The number of anilines is 1. The van der Waals surface area contributed by atoms with E-state index < -0.39 is 0 Å². The molecular formula is C17H20N2O. The molecule has 0 unspecified atom stereocenters. The number of nitrogens with zero attached hydrogens (tertiary/aromatic N) is 2. The summed E-state index contributed by atoms with van der Waals surface area (Å²) in [6.07, 6.45) is 5.08. The summed E-state index contributed by atoms with van der Waals surface area (Å²) in [5.41, 5.74) is 4.19. The van der Waals surface area contributed by atoms with Gasteiger partial charge in [-0.1, -0.05) is 6.07 Å². The highest BCUT2D eigenvalue weighted by atomic mass is 16.1.